The molecule has 0 N–H and O–H groups in total. The number of ether oxygens (including phenoxy) is 1. The van der Waals surface area contributed by atoms with E-state index in [-0.39, 0.29) is 11.9 Å². The van der Waals surface area contributed by atoms with Crippen LogP contribution in [0.4, 0.5) is 0 Å². The van der Waals surface area contributed by atoms with Crippen LogP contribution in [0.15, 0.2) is 12.3 Å². The molecule has 0 fully saturated rings. The molecule has 4 nitrogen and oxygen atoms in total. The standard InChI is InChI=1S/C15H22N2O2/c1-6-19-14(18)8-7-12-15(11(4)5)16-9-13(17-12)10(2)3/h7-11H,6H2,1-5H3/b8-7+. The van der Waals surface area contributed by atoms with Crippen molar-refractivity contribution in [2.24, 2.45) is 0 Å². The highest BCUT2D eigenvalue weighted by Gasteiger charge is 2.11. The normalized spacial score (nSPS) is 11.5. The van der Waals surface area contributed by atoms with E-state index in [0.717, 1.165) is 17.1 Å². The second-order valence-corrected chi connectivity index (χ2v) is 4.96. The molecule has 0 aromatic carbocycles. The van der Waals surface area contributed by atoms with E-state index in [1.807, 2.05) is 6.20 Å². The van der Waals surface area contributed by atoms with Gasteiger partial charge in [-0.05, 0) is 24.8 Å². The van der Waals surface area contributed by atoms with Gasteiger partial charge in [-0.1, -0.05) is 27.7 Å². The van der Waals surface area contributed by atoms with E-state index >= 15 is 0 Å². The minimum atomic E-state index is -0.353. The van der Waals surface area contributed by atoms with Crippen molar-refractivity contribution in [2.45, 2.75) is 46.5 Å². The van der Waals surface area contributed by atoms with Gasteiger partial charge in [0.2, 0.25) is 0 Å². The summed E-state index contributed by atoms with van der Waals surface area (Å²) in [7, 11) is 0. The van der Waals surface area contributed by atoms with Crippen molar-refractivity contribution in [2.75, 3.05) is 6.61 Å². The molecule has 0 aliphatic heterocycles. The summed E-state index contributed by atoms with van der Waals surface area (Å²) in [6.45, 7) is 10.4. The van der Waals surface area contributed by atoms with Gasteiger partial charge in [-0.15, -0.1) is 0 Å². The van der Waals surface area contributed by atoms with Crippen LogP contribution in [0.1, 0.15) is 63.5 Å². The van der Waals surface area contributed by atoms with Crippen LogP contribution in [0.25, 0.3) is 6.08 Å². The SMILES string of the molecule is CCOC(=O)/C=C/c1nc(C(C)C)cnc1C(C)C. The van der Waals surface area contributed by atoms with Gasteiger partial charge in [-0.3, -0.25) is 4.98 Å². The molecule has 1 heterocycles. The van der Waals surface area contributed by atoms with E-state index in [0.29, 0.717) is 12.5 Å². The first-order valence-electron chi connectivity index (χ1n) is 6.67. The highest BCUT2D eigenvalue weighted by molar-refractivity contribution is 5.86. The Labute approximate surface area is 114 Å². The van der Waals surface area contributed by atoms with Crippen molar-refractivity contribution < 1.29 is 9.53 Å². The van der Waals surface area contributed by atoms with Crippen molar-refractivity contribution in [1.29, 1.82) is 0 Å². The summed E-state index contributed by atoms with van der Waals surface area (Å²) in [5.41, 5.74) is 2.56. The second kappa shape index (κ2) is 7.02. The highest BCUT2D eigenvalue weighted by atomic mass is 16.5. The maximum atomic E-state index is 11.4. The van der Waals surface area contributed by atoms with Gasteiger partial charge in [0.15, 0.2) is 0 Å². The van der Waals surface area contributed by atoms with Crippen LogP contribution in [-0.4, -0.2) is 22.5 Å². The molecular formula is C15H22N2O2. The number of hydrogen-bond donors (Lipinski definition) is 0. The molecule has 1 aromatic rings. The molecule has 0 bridgehead atoms. The summed E-state index contributed by atoms with van der Waals surface area (Å²) >= 11 is 0. The third-order valence-electron chi connectivity index (χ3n) is 2.65. The number of rotatable bonds is 5. The Morgan fingerprint density at radius 1 is 1.32 bits per heavy atom. The third kappa shape index (κ3) is 4.47. The van der Waals surface area contributed by atoms with Gasteiger partial charge in [0, 0.05) is 12.3 Å². The number of aromatic nitrogens is 2. The monoisotopic (exact) mass is 262 g/mol. The lowest BCUT2D eigenvalue weighted by Gasteiger charge is -2.11. The van der Waals surface area contributed by atoms with Crippen molar-refractivity contribution >= 4 is 12.0 Å². The summed E-state index contributed by atoms with van der Waals surface area (Å²) in [4.78, 5) is 20.4. The molecule has 0 saturated heterocycles. The topological polar surface area (TPSA) is 52.1 Å². The van der Waals surface area contributed by atoms with Crippen LogP contribution < -0.4 is 0 Å². The van der Waals surface area contributed by atoms with E-state index in [2.05, 4.69) is 37.7 Å². The lowest BCUT2D eigenvalue weighted by molar-refractivity contribution is -0.137. The van der Waals surface area contributed by atoms with Crippen molar-refractivity contribution in [3.05, 3.63) is 29.4 Å². The summed E-state index contributed by atoms with van der Waals surface area (Å²) in [6.07, 6.45) is 4.90. The molecule has 0 spiro atoms. The molecule has 0 atom stereocenters. The van der Waals surface area contributed by atoms with Crippen LogP contribution in [0.3, 0.4) is 0 Å². The minimum absolute atomic E-state index is 0.260. The zero-order valence-electron chi connectivity index (χ0n) is 12.3. The lowest BCUT2D eigenvalue weighted by atomic mass is 10.1. The molecule has 19 heavy (non-hydrogen) atoms. The number of carbonyl (C=O) groups is 1. The predicted octanol–water partition coefficient (Wildman–Crippen LogP) is 3.30. The maximum absolute atomic E-state index is 11.4. The Hall–Kier alpha value is -1.71. The fraction of sp³-hybridized carbons (Fsp3) is 0.533. The van der Waals surface area contributed by atoms with Crippen LogP contribution in [0.5, 0.6) is 0 Å². The average Bonchev–Trinajstić information content (AvgIpc) is 2.36. The molecular weight excluding hydrogens is 240 g/mol. The molecule has 0 unspecified atom stereocenters. The van der Waals surface area contributed by atoms with Gasteiger partial charge in [-0.25, -0.2) is 9.78 Å². The first-order chi connectivity index (χ1) is 8.95. The smallest absolute Gasteiger partial charge is 0.330 e. The molecule has 1 rings (SSSR count). The summed E-state index contributed by atoms with van der Waals surface area (Å²) < 4.78 is 4.87. The fourth-order valence-corrected chi connectivity index (χ4v) is 1.61. The van der Waals surface area contributed by atoms with Gasteiger partial charge in [0.25, 0.3) is 0 Å². The maximum Gasteiger partial charge on any atom is 0.330 e. The summed E-state index contributed by atoms with van der Waals surface area (Å²) in [5.74, 6) is 0.216. The first-order valence-corrected chi connectivity index (χ1v) is 6.67. The van der Waals surface area contributed by atoms with Crippen molar-refractivity contribution in [3.8, 4) is 0 Å². The molecule has 0 aliphatic carbocycles. The van der Waals surface area contributed by atoms with Gasteiger partial charge < -0.3 is 4.74 Å². The lowest BCUT2D eigenvalue weighted by Crippen LogP contribution is -2.05. The molecule has 0 saturated carbocycles. The summed E-state index contributed by atoms with van der Waals surface area (Å²) in [5, 5.41) is 0. The molecule has 1 aromatic heterocycles. The Bertz CT molecular complexity index is 465. The largest absolute Gasteiger partial charge is 0.463 e. The Kier molecular flexibility index (Phi) is 5.67. The van der Waals surface area contributed by atoms with E-state index in [1.54, 1.807) is 13.0 Å². The van der Waals surface area contributed by atoms with Gasteiger partial charge in [-0.2, -0.15) is 0 Å². The molecule has 104 valence electrons. The molecule has 0 amide bonds. The number of esters is 1. The molecule has 0 aliphatic rings. The van der Waals surface area contributed by atoms with E-state index in [4.69, 9.17) is 4.74 Å². The van der Waals surface area contributed by atoms with Gasteiger partial charge in [0.1, 0.15) is 0 Å². The van der Waals surface area contributed by atoms with E-state index in [1.165, 1.54) is 6.08 Å². The van der Waals surface area contributed by atoms with Crippen LogP contribution >= 0.6 is 0 Å². The van der Waals surface area contributed by atoms with Gasteiger partial charge in [0.05, 0.1) is 23.7 Å². The molecule has 4 heteroatoms. The minimum Gasteiger partial charge on any atom is -0.463 e. The Morgan fingerprint density at radius 3 is 2.53 bits per heavy atom. The predicted molar refractivity (Wildman–Crippen MR) is 75.9 cm³/mol. The number of hydrogen-bond acceptors (Lipinski definition) is 4. The van der Waals surface area contributed by atoms with E-state index in [9.17, 15) is 4.79 Å². The second-order valence-electron chi connectivity index (χ2n) is 4.96. The van der Waals surface area contributed by atoms with Crippen molar-refractivity contribution in [3.63, 3.8) is 0 Å². The first kappa shape index (κ1) is 15.3. The number of nitrogens with zero attached hydrogens (tertiary/aromatic N) is 2. The summed E-state index contributed by atoms with van der Waals surface area (Å²) in [6, 6.07) is 0. The Balaban J connectivity index is 3.07. The third-order valence-corrected chi connectivity index (χ3v) is 2.65. The van der Waals surface area contributed by atoms with Crippen LogP contribution in [-0.2, 0) is 9.53 Å². The van der Waals surface area contributed by atoms with Gasteiger partial charge >= 0.3 is 5.97 Å². The average molecular weight is 262 g/mol. The highest BCUT2D eigenvalue weighted by Crippen LogP contribution is 2.19. The Morgan fingerprint density at radius 2 is 2.00 bits per heavy atom. The fourth-order valence-electron chi connectivity index (χ4n) is 1.61. The quantitative estimate of drug-likeness (QED) is 0.603. The molecule has 0 radical (unpaired) electrons. The van der Waals surface area contributed by atoms with Crippen molar-refractivity contribution in [1.82, 2.24) is 9.97 Å². The number of carbonyl (C=O) groups excluding carboxylic acids is 1. The van der Waals surface area contributed by atoms with Crippen LogP contribution in [0, 0.1) is 0 Å². The van der Waals surface area contributed by atoms with E-state index < -0.39 is 0 Å². The zero-order valence-corrected chi connectivity index (χ0v) is 12.3. The van der Waals surface area contributed by atoms with Crippen LogP contribution in [0.2, 0.25) is 0 Å². The zero-order chi connectivity index (χ0) is 14.4.